The van der Waals surface area contributed by atoms with Crippen LogP contribution in [0.3, 0.4) is 0 Å². The third kappa shape index (κ3) is 5.16. The molecule has 0 saturated heterocycles. The molecule has 146 valence electrons. The average Bonchev–Trinajstić information content (AvgIpc) is 2.69. The van der Waals surface area contributed by atoms with Gasteiger partial charge in [-0.1, -0.05) is 53.5 Å². The summed E-state index contributed by atoms with van der Waals surface area (Å²) in [5.41, 5.74) is 2.65. The van der Waals surface area contributed by atoms with Crippen molar-refractivity contribution in [2.24, 2.45) is 0 Å². The van der Waals surface area contributed by atoms with Gasteiger partial charge in [0.05, 0.1) is 7.11 Å². The summed E-state index contributed by atoms with van der Waals surface area (Å²) in [6.45, 7) is 1.39. The van der Waals surface area contributed by atoms with Crippen LogP contribution in [-0.2, 0) is 19.7 Å². The summed E-state index contributed by atoms with van der Waals surface area (Å²) < 4.78 is 24.5. The number of hydrogen-bond acceptors (Lipinski definition) is 3. The predicted molar refractivity (Wildman–Crippen MR) is 111 cm³/mol. The summed E-state index contributed by atoms with van der Waals surface area (Å²) in [5, 5.41) is 4.45. The lowest BCUT2D eigenvalue weighted by Crippen LogP contribution is -2.14. The van der Waals surface area contributed by atoms with Crippen molar-refractivity contribution in [2.75, 3.05) is 7.11 Å². The van der Waals surface area contributed by atoms with Gasteiger partial charge in [-0.05, 0) is 35.9 Å². The van der Waals surface area contributed by atoms with Crippen molar-refractivity contribution < 1.29 is 13.9 Å². The van der Waals surface area contributed by atoms with E-state index in [0.29, 0.717) is 34.6 Å². The second kappa shape index (κ2) is 9.78. The maximum absolute atomic E-state index is 13.0. The van der Waals surface area contributed by atoms with Crippen LogP contribution in [-0.4, -0.2) is 7.11 Å². The fourth-order valence-electron chi connectivity index (χ4n) is 2.78. The summed E-state index contributed by atoms with van der Waals surface area (Å²) >= 11 is 12.5. The molecule has 3 nitrogen and oxygen atoms in total. The molecule has 0 spiro atoms. The number of rotatable bonds is 8. The minimum atomic E-state index is -0.245. The molecule has 3 aromatic rings. The molecule has 3 rings (SSSR count). The largest absolute Gasteiger partial charge is 0.493 e. The van der Waals surface area contributed by atoms with Crippen LogP contribution < -0.4 is 14.8 Å². The van der Waals surface area contributed by atoms with Gasteiger partial charge in [0.2, 0.25) is 0 Å². The SMILES string of the molecule is COc1cccc(CNCc2ccc(F)cc2)c1OCc1c(Cl)cccc1Cl. The zero-order valence-electron chi connectivity index (χ0n) is 15.3. The summed E-state index contributed by atoms with van der Waals surface area (Å²) in [7, 11) is 1.60. The number of nitrogens with one attached hydrogen (secondary N) is 1. The highest BCUT2D eigenvalue weighted by Crippen LogP contribution is 2.33. The zero-order chi connectivity index (χ0) is 19.9. The molecule has 28 heavy (non-hydrogen) atoms. The average molecular weight is 420 g/mol. The Labute approximate surface area is 174 Å². The lowest BCUT2D eigenvalue weighted by molar-refractivity contribution is 0.281. The van der Waals surface area contributed by atoms with Crippen LogP contribution in [0.25, 0.3) is 0 Å². The molecule has 3 aromatic carbocycles. The number of halogens is 3. The van der Waals surface area contributed by atoms with E-state index < -0.39 is 0 Å². The summed E-state index contributed by atoms with van der Waals surface area (Å²) in [4.78, 5) is 0. The Morgan fingerprint density at radius 3 is 2.25 bits per heavy atom. The molecule has 0 saturated carbocycles. The van der Waals surface area contributed by atoms with E-state index in [-0.39, 0.29) is 12.4 Å². The van der Waals surface area contributed by atoms with E-state index in [1.54, 1.807) is 37.4 Å². The molecule has 0 heterocycles. The Morgan fingerprint density at radius 2 is 1.57 bits per heavy atom. The van der Waals surface area contributed by atoms with Crippen LogP contribution in [0.2, 0.25) is 10.0 Å². The molecule has 0 aliphatic rings. The van der Waals surface area contributed by atoms with Gasteiger partial charge in [-0.2, -0.15) is 0 Å². The van der Waals surface area contributed by atoms with Crippen molar-refractivity contribution in [1.29, 1.82) is 0 Å². The van der Waals surface area contributed by atoms with E-state index in [2.05, 4.69) is 5.32 Å². The third-order valence-electron chi connectivity index (χ3n) is 4.26. The minimum Gasteiger partial charge on any atom is -0.493 e. The molecule has 0 radical (unpaired) electrons. The van der Waals surface area contributed by atoms with E-state index in [1.807, 2.05) is 18.2 Å². The Morgan fingerprint density at radius 1 is 0.893 bits per heavy atom. The molecule has 0 aliphatic heterocycles. The Kier molecular flexibility index (Phi) is 7.15. The molecule has 0 unspecified atom stereocenters. The summed E-state index contributed by atoms with van der Waals surface area (Å²) in [6.07, 6.45) is 0. The molecule has 1 N–H and O–H groups in total. The van der Waals surface area contributed by atoms with Gasteiger partial charge in [-0.15, -0.1) is 0 Å². The van der Waals surface area contributed by atoms with Crippen molar-refractivity contribution >= 4 is 23.2 Å². The van der Waals surface area contributed by atoms with Crippen LogP contribution in [0.1, 0.15) is 16.7 Å². The van der Waals surface area contributed by atoms with Crippen molar-refractivity contribution in [3.05, 3.63) is 93.2 Å². The fraction of sp³-hybridized carbons (Fsp3) is 0.182. The second-order valence-electron chi connectivity index (χ2n) is 6.17. The topological polar surface area (TPSA) is 30.5 Å². The van der Waals surface area contributed by atoms with Crippen molar-refractivity contribution in [3.63, 3.8) is 0 Å². The highest BCUT2D eigenvalue weighted by atomic mass is 35.5. The van der Waals surface area contributed by atoms with E-state index in [4.69, 9.17) is 32.7 Å². The van der Waals surface area contributed by atoms with Gasteiger partial charge >= 0.3 is 0 Å². The summed E-state index contributed by atoms with van der Waals surface area (Å²) in [6, 6.07) is 17.5. The molecular weight excluding hydrogens is 400 g/mol. The van der Waals surface area contributed by atoms with E-state index >= 15 is 0 Å². The van der Waals surface area contributed by atoms with Crippen LogP contribution in [0.15, 0.2) is 60.7 Å². The number of ether oxygens (including phenoxy) is 2. The lowest BCUT2D eigenvalue weighted by atomic mass is 10.1. The number of benzene rings is 3. The van der Waals surface area contributed by atoms with Crippen molar-refractivity contribution in [2.45, 2.75) is 19.7 Å². The van der Waals surface area contributed by atoms with Gasteiger partial charge in [0.25, 0.3) is 0 Å². The van der Waals surface area contributed by atoms with Gasteiger partial charge in [-0.25, -0.2) is 4.39 Å². The quantitative estimate of drug-likeness (QED) is 0.484. The molecule has 0 aromatic heterocycles. The first-order chi connectivity index (χ1) is 13.6. The molecule has 0 fully saturated rings. The highest BCUT2D eigenvalue weighted by Gasteiger charge is 2.13. The van der Waals surface area contributed by atoms with Crippen LogP contribution in [0.5, 0.6) is 11.5 Å². The van der Waals surface area contributed by atoms with Crippen molar-refractivity contribution in [1.82, 2.24) is 5.32 Å². The van der Waals surface area contributed by atoms with E-state index in [1.165, 1.54) is 12.1 Å². The molecule has 0 aliphatic carbocycles. The van der Waals surface area contributed by atoms with Gasteiger partial charge in [0.1, 0.15) is 12.4 Å². The van der Waals surface area contributed by atoms with Crippen LogP contribution in [0.4, 0.5) is 4.39 Å². The first-order valence-electron chi connectivity index (χ1n) is 8.75. The van der Waals surface area contributed by atoms with Crippen LogP contribution in [0, 0.1) is 5.82 Å². The van der Waals surface area contributed by atoms with Gasteiger partial charge in [0.15, 0.2) is 11.5 Å². The normalized spacial score (nSPS) is 10.7. The molecular formula is C22H20Cl2FNO2. The van der Waals surface area contributed by atoms with Gasteiger partial charge in [-0.3, -0.25) is 0 Å². The minimum absolute atomic E-state index is 0.226. The number of methoxy groups -OCH3 is 1. The Balaban J connectivity index is 1.72. The first-order valence-corrected chi connectivity index (χ1v) is 9.51. The zero-order valence-corrected chi connectivity index (χ0v) is 16.9. The maximum Gasteiger partial charge on any atom is 0.166 e. The van der Waals surface area contributed by atoms with E-state index in [0.717, 1.165) is 16.7 Å². The molecule has 6 heteroatoms. The predicted octanol–water partition coefficient (Wildman–Crippen LogP) is 6.01. The van der Waals surface area contributed by atoms with Crippen molar-refractivity contribution in [3.8, 4) is 11.5 Å². The summed E-state index contributed by atoms with van der Waals surface area (Å²) in [5.74, 6) is 1.02. The lowest BCUT2D eigenvalue weighted by Gasteiger charge is -2.16. The third-order valence-corrected chi connectivity index (χ3v) is 4.97. The Bertz CT molecular complexity index is 912. The molecule has 0 amide bonds. The molecule has 0 atom stereocenters. The standard InChI is InChI=1S/C22H20Cl2FNO2/c1-27-21-7-2-4-16(13-26-12-15-8-10-17(25)11-9-15)22(21)28-14-18-19(23)5-3-6-20(18)24/h2-11,26H,12-14H2,1H3. The highest BCUT2D eigenvalue weighted by molar-refractivity contribution is 6.35. The second-order valence-corrected chi connectivity index (χ2v) is 6.98. The van der Waals surface area contributed by atoms with Gasteiger partial charge in [0, 0.05) is 34.3 Å². The monoisotopic (exact) mass is 419 g/mol. The smallest absolute Gasteiger partial charge is 0.166 e. The maximum atomic E-state index is 13.0. The van der Waals surface area contributed by atoms with Crippen LogP contribution >= 0.6 is 23.2 Å². The fourth-order valence-corrected chi connectivity index (χ4v) is 3.29. The molecule has 0 bridgehead atoms. The Hall–Kier alpha value is -2.27. The number of para-hydroxylation sites is 1. The van der Waals surface area contributed by atoms with Gasteiger partial charge < -0.3 is 14.8 Å². The first kappa shape index (κ1) is 20.5. The van der Waals surface area contributed by atoms with E-state index in [9.17, 15) is 4.39 Å². The number of hydrogen-bond donors (Lipinski definition) is 1.